The normalized spacial score (nSPS) is 11.2. The summed E-state index contributed by atoms with van der Waals surface area (Å²) in [6.07, 6.45) is 4.08. The van der Waals surface area contributed by atoms with Gasteiger partial charge in [-0.15, -0.1) is 0 Å². The van der Waals surface area contributed by atoms with Gasteiger partial charge >= 0.3 is 11.9 Å². The fourth-order valence-corrected chi connectivity index (χ4v) is 3.67. The van der Waals surface area contributed by atoms with E-state index in [1.54, 1.807) is 103 Å². The predicted molar refractivity (Wildman–Crippen MR) is 169 cm³/mol. The molecule has 0 aliphatic rings. The van der Waals surface area contributed by atoms with Crippen LogP contribution < -0.4 is 20.2 Å². The lowest BCUT2D eigenvalue weighted by atomic mass is 9.95. The highest BCUT2D eigenvalue weighted by Gasteiger charge is 2.21. The molecule has 0 heterocycles. The van der Waals surface area contributed by atoms with Gasteiger partial charge in [0.15, 0.2) is 0 Å². The molecule has 0 fully saturated rings. The molecule has 222 valence electrons. The van der Waals surface area contributed by atoms with Crippen LogP contribution in [-0.4, -0.2) is 30.0 Å². The van der Waals surface area contributed by atoms with E-state index in [1.807, 2.05) is 20.8 Å². The van der Waals surface area contributed by atoms with Crippen LogP contribution in [0.4, 0.5) is 5.69 Å². The van der Waals surface area contributed by atoms with E-state index in [1.165, 1.54) is 18.4 Å². The molecular weight excluding hydrogens is 558 g/mol. The first-order valence-corrected chi connectivity index (χ1v) is 13.7. The lowest BCUT2D eigenvalue weighted by Crippen LogP contribution is -2.27. The van der Waals surface area contributed by atoms with Gasteiger partial charge in [-0.25, -0.2) is 15.0 Å². The number of hydrazone groups is 1. The second-order valence-corrected chi connectivity index (χ2v) is 10.6. The molecular formula is C35H31N3O6. The van der Waals surface area contributed by atoms with E-state index < -0.39 is 23.3 Å². The van der Waals surface area contributed by atoms with Crippen molar-refractivity contribution in [2.24, 2.45) is 10.5 Å². The van der Waals surface area contributed by atoms with Crippen molar-refractivity contribution in [1.29, 1.82) is 0 Å². The first-order chi connectivity index (χ1) is 21.1. The van der Waals surface area contributed by atoms with Crippen LogP contribution >= 0.6 is 0 Å². The summed E-state index contributed by atoms with van der Waals surface area (Å²) in [6.45, 7) is 5.43. The Labute approximate surface area is 255 Å². The average molecular weight is 590 g/mol. The monoisotopic (exact) mass is 589 g/mol. The third-order valence-corrected chi connectivity index (χ3v) is 6.12. The van der Waals surface area contributed by atoms with Gasteiger partial charge < -0.3 is 14.8 Å². The molecule has 0 spiro atoms. The van der Waals surface area contributed by atoms with Crippen molar-refractivity contribution in [3.63, 3.8) is 0 Å². The lowest BCUT2D eigenvalue weighted by Gasteiger charge is -2.17. The molecule has 2 amide bonds. The summed E-state index contributed by atoms with van der Waals surface area (Å²) in [7, 11) is 0. The number of ether oxygens (including phenoxy) is 2. The van der Waals surface area contributed by atoms with Crippen molar-refractivity contribution < 1.29 is 28.7 Å². The van der Waals surface area contributed by atoms with Crippen LogP contribution in [-0.2, 0) is 9.59 Å². The van der Waals surface area contributed by atoms with E-state index in [2.05, 4.69) is 15.8 Å². The Kier molecular flexibility index (Phi) is 10.2. The van der Waals surface area contributed by atoms with E-state index >= 15 is 0 Å². The van der Waals surface area contributed by atoms with Gasteiger partial charge in [-0.2, -0.15) is 5.10 Å². The van der Waals surface area contributed by atoms with E-state index in [0.717, 1.165) is 0 Å². The Morgan fingerprint density at radius 1 is 0.682 bits per heavy atom. The Bertz CT molecular complexity index is 1700. The molecule has 0 bridgehead atoms. The van der Waals surface area contributed by atoms with Gasteiger partial charge in [-0.3, -0.25) is 9.59 Å². The number of para-hydroxylation sites is 2. The topological polar surface area (TPSA) is 123 Å². The van der Waals surface area contributed by atoms with Gasteiger partial charge in [0.05, 0.1) is 11.8 Å². The summed E-state index contributed by atoms with van der Waals surface area (Å²) >= 11 is 0. The average Bonchev–Trinajstić information content (AvgIpc) is 3.01. The van der Waals surface area contributed by atoms with Gasteiger partial charge in [-0.1, -0.05) is 69.3 Å². The van der Waals surface area contributed by atoms with Crippen molar-refractivity contribution in [2.45, 2.75) is 20.8 Å². The number of amides is 2. The highest BCUT2D eigenvalue weighted by molar-refractivity contribution is 5.98. The minimum absolute atomic E-state index is 0.136. The zero-order valence-corrected chi connectivity index (χ0v) is 24.4. The van der Waals surface area contributed by atoms with Gasteiger partial charge in [-0.05, 0) is 60.7 Å². The van der Waals surface area contributed by atoms with Gasteiger partial charge in [0, 0.05) is 33.9 Å². The maximum Gasteiger partial charge on any atom is 0.343 e. The molecule has 9 heteroatoms. The van der Waals surface area contributed by atoms with E-state index in [4.69, 9.17) is 9.47 Å². The van der Waals surface area contributed by atoms with Gasteiger partial charge in [0.1, 0.15) is 11.5 Å². The van der Waals surface area contributed by atoms with Crippen LogP contribution in [0, 0.1) is 5.41 Å². The number of esters is 2. The highest BCUT2D eigenvalue weighted by atomic mass is 16.5. The molecule has 44 heavy (non-hydrogen) atoms. The first kappa shape index (κ1) is 31.1. The summed E-state index contributed by atoms with van der Waals surface area (Å²) in [5.74, 6) is -1.27. The molecule has 4 aromatic carbocycles. The Morgan fingerprint density at radius 2 is 1.27 bits per heavy atom. The van der Waals surface area contributed by atoms with Crippen LogP contribution in [0.5, 0.6) is 11.5 Å². The molecule has 0 saturated carbocycles. The summed E-state index contributed by atoms with van der Waals surface area (Å²) < 4.78 is 11.0. The number of carbonyl (C=O) groups is 4. The molecule has 0 aliphatic heterocycles. The third kappa shape index (κ3) is 8.83. The van der Waals surface area contributed by atoms with Gasteiger partial charge in [0.25, 0.3) is 5.91 Å². The van der Waals surface area contributed by atoms with Crippen molar-refractivity contribution in [1.82, 2.24) is 5.43 Å². The third-order valence-electron chi connectivity index (χ3n) is 6.12. The van der Waals surface area contributed by atoms with E-state index in [9.17, 15) is 19.2 Å². The predicted octanol–water partition coefficient (Wildman–Crippen LogP) is 6.27. The zero-order chi connectivity index (χ0) is 31.5. The SMILES string of the molecule is CC(C)(C)C(=O)Nc1ccc(C(=O)N/N=C/c2ccccc2OC(=O)/C=C/c2ccccc2OC(=O)c2ccccc2)cc1. The molecule has 9 nitrogen and oxygen atoms in total. The Hall–Kier alpha value is -5.83. The standard InChI is InChI=1S/C35H31N3O6/c1-35(2,3)34(42)37-28-20-17-25(18-21-28)32(40)38-36-23-27-14-8-10-16-30(27)43-31(39)22-19-24-11-7-9-15-29(24)44-33(41)26-12-5-4-6-13-26/h4-23H,1-3H3,(H,37,42)(H,38,40)/b22-19+,36-23+. The molecule has 0 aromatic heterocycles. The molecule has 0 saturated heterocycles. The zero-order valence-electron chi connectivity index (χ0n) is 24.4. The molecule has 0 radical (unpaired) electrons. The summed E-state index contributed by atoms with van der Waals surface area (Å²) in [4.78, 5) is 49.8. The van der Waals surface area contributed by atoms with E-state index in [-0.39, 0.29) is 17.4 Å². The summed E-state index contributed by atoms with van der Waals surface area (Å²) in [6, 6.07) is 28.5. The number of carbonyl (C=O) groups excluding carboxylic acids is 4. The number of anilines is 1. The second-order valence-electron chi connectivity index (χ2n) is 10.6. The van der Waals surface area contributed by atoms with Crippen LogP contribution in [0.25, 0.3) is 6.08 Å². The molecule has 0 unspecified atom stereocenters. The molecule has 4 rings (SSSR count). The largest absolute Gasteiger partial charge is 0.423 e. The maximum atomic E-state index is 12.7. The Balaban J connectivity index is 1.36. The molecule has 0 atom stereocenters. The van der Waals surface area contributed by atoms with Gasteiger partial charge in [0.2, 0.25) is 5.91 Å². The number of hydrogen-bond donors (Lipinski definition) is 2. The van der Waals surface area contributed by atoms with Crippen LogP contribution in [0.2, 0.25) is 0 Å². The number of rotatable bonds is 9. The first-order valence-electron chi connectivity index (χ1n) is 13.7. The second kappa shape index (κ2) is 14.4. The van der Waals surface area contributed by atoms with Crippen LogP contribution in [0.15, 0.2) is 114 Å². The number of hydrogen-bond acceptors (Lipinski definition) is 7. The smallest absolute Gasteiger partial charge is 0.343 e. The van der Waals surface area contributed by atoms with E-state index in [0.29, 0.717) is 27.9 Å². The van der Waals surface area contributed by atoms with Crippen molar-refractivity contribution >= 4 is 41.7 Å². The fraction of sp³-hybridized carbons (Fsp3) is 0.114. The number of benzene rings is 4. The number of nitrogens with one attached hydrogen (secondary N) is 2. The molecule has 0 aliphatic carbocycles. The minimum Gasteiger partial charge on any atom is -0.423 e. The fourth-order valence-electron chi connectivity index (χ4n) is 3.67. The highest BCUT2D eigenvalue weighted by Crippen LogP contribution is 2.22. The van der Waals surface area contributed by atoms with Crippen molar-refractivity contribution in [3.05, 3.63) is 131 Å². The summed E-state index contributed by atoms with van der Waals surface area (Å²) in [5, 5.41) is 6.80. The Morgan fingerprint density at radius 3 is 1.93 bits per heavy atom. The van der Waals surface area contributed by atoms with Crippen molar-refractivity contribution in [3.8, 4) is 11.5 Å². The molecule has 4 aromatic rings. The molecule has 2 N–H and O–H groups in total. The maximum absolute atomic E-state index is 12.7. The van der Waals surface area contributed by atoms with Crippen LogP contribution in [0.3, 0.4) is 0 Å². The van der Waals surface area contributed by atoms with Crippen LogP contribution in [0.1, 0.15) is 52.6 Å². The minimum atomic E-state index is -0.669. The quantitative estimate of drug-likeness (QED) is 0.0780. The number of nitrogens with zero attached hydrogens (tertiary/aromatic N) is 1. The summed E-state index contributed by atoms with van der Waals surface area (Å²) in [5.41, 5.74) is 4.18. The lowest BCUT2D eigenvalue weighted by molar-refractivity contribution is -0.129. The van der Waals surface area contributed by atoms with Crippen molar-refractivity contribution in [2.75, 3.05) is 5.32 Å².